The van der Waals surface area contributed by atoms with Crippen LogP contribution in [0.25, 0.3) is 0 Å². The maximum atomic E-state index is 13.2. The van der Waals surface area contributed by atoms with Crippen LogP contribution in [0.1, 0.15) is 31.4 Å². The second-order valence-electron chi connectivity index (χ2n) is 6.53. The number of hydrogen-bond acceptors (Lipinski definition) is 3. The van der Waals surface area contributed by atoms with Gasteiger partial charge in [-0.25, -0.2) is 0 Å². The predicted molar refractivity (Wildman–Crippen MR) is 88.4 cm³/mol. The van der Waals surface area contributed by atoms with E-state index in [1.54, 1.807) is 35.0 Å². The van der Waals surface area contributed by atoms with Crippen molar-refractivity contribution in [1.29, 1.82) is 0 Å². The van der Waals surface area contributed by atoms with Crippen molar-refractivity contribution in [2.24, 2.45) is 5.41 Å². The number of carboxylic acid groups (broad SMARTS) is 1. The third kappa shape index (κ3) is 3.04. The van der Waals surface area contributed by atoms with Crippen molar-refractivity contribution in [3.05, 3.63) is 54.4 Å². The molecule has 0 aliphatic carbocycles. The second kappa shape index (κ2) is 6.47. The molecule has 6 nitrogen and oxygen atoms in total. The summed E-state index contributed by atoms with van der Waals surface area (Å²) in [5.74, 6) is -0.965. The lowest BCUT2D eigenvalue weighted by Crippen LogP contribution is -2.50. The van der Waals surface area contributed by atoms with Crippen molar-refractivity contribution in [1.82, 2.24) is 14.7 Å². The molecule has 0 saturated carbocycles. The molecule has 2 atom stereocenters. The third-order valence-corrected chi connectivity index (χ3v) is 4.66. The Morgan fingerprint density at radius 2 is 2.00 bits per heavy atom. The molecule has 1 amide bonds. The molecule has 0 bridgehead atoms. The monoisotopic (exact) mass is 327 g/mol. The Morgan fingerprint density at radius 1 is 1.25 bits per heavy atom. The topological polar surface area (TPSA) is 75.4 Å². The number of carbonyl (C=O) groups is 2. The molecule has 24 heavy (non-hydrogen) atoms. The van der Waals surface area contributed by atoms with Gasteiger partial charge in [0, 0.05) is 25.5 Å². The Bertz CT molecular complexity index is 714. The van der Waals surface area contributed by atoms with Crippen LogP contribution in [-0.4, -0.2) is 44.8 Å². The van der Waals surface area contributed by atoms with Gasteiger partial charge in [-0.3, -0.25) is 14.3 Å². The van der Waals surface area contributed by atoms with Crippen LogP contribution in [0.3, 0.4) is 0 Å². The van der Waals surface area contributed by atoms with Crippen molar-refractivity contribution in [3.63, 3.8) is 0 Å². The van der Waals surface area contributed by atoms with Gasteiger partial charge in [-0.2, -0.15) is 5.10 Å². The number of amides is 1. The Kier molecular flexibility index (Phi) is 4.38. The zero-order valence-electron chi connectivity index (χ0n) is 13.6. The Balaban J connectivity index is 1.91. The first kappa shape index (κ1) is 16.2. The van der Waals surface area contributed by atoms with Gasteiger partial charge in [0.1, 0.15) is 0 Å². The number of carboxylic acids is 1. The minimum absolute atomic E-state index is 0.114. The first-order valence-corrected chi connectivity index (χ1v) is 8.07. The first-order chi connectivity index (χ1) is 11.5. The molecular weight excluding hydrogens is 306 g/mol. The van der Waals surface area contributed by atoms with E-state index in [2.05, 4.69) is 5.10 Å². The minimum atomic E-state index is -0.890. The fourth-order valence-corrected chi connectivity index (χ4v) is 3.25. The number of nitrogens with zero attached hydrogens (tertiary/aromatic N) is 3. The highest BCUT2D eigenvalue weighted by Crippen LogP contribution is 2.32. The van der Waals surface area contributed by atoms with Gasteiger partial charge in [-0.05, 0) is 31.4 Å². The fraction of sp³-hybridized carbons (Fsp3) is 0.389. The average molecular weight is 327 g/mol. The van der Waals surface area contributed by atoms with Gasteiger partial charge in [0.15, 0.2) is 6.04 Å². The molecule has 126 valence electrons. The summed E-state index contributed by atoms with van der Waals surface area (Å²) in [6.07, 6.45) is 4.68. The molecule has 6 heteroatoms. The van der Waals surface area contributed by atoms with E-state index >= 15 is 0 Å². The van der Waals surface area contributed by atoms with Crippen LogP contribution in [-0.2, 0) is 9.59 Å². The highest BCUT2D eigenvalue weighted by molar-refractivity contribution is 5.85. The molecule has 1 N–H and O–H groups in total. The zero-order chi connectivity index (χ0) is 17.2. The van der Waals surface area contributed by atoms with E-state index in [0.29, 0.717) is 19.4 Å². The Labute approximate surface area is 140 Å². The Hall–Kier alpha value is -2.63. The van der Waals surface area contributed by atoms with Crippen molar-refractivity contribution < 1.29 is 14.7 Å². The molecule has 1 aliphatic heterocycles. The largest absolute Gasteiger partial charge is 0.481 e. The zero-order valence-corrected chi connectivity index (χ0v) is 13.6. The normalized spacial score (nSPS) is 22.1. The van der Waals surface area contributed by atoms with E-state index in [4.69, 9.17) is 0 Å². The lowest BCUT2D eigenvalue weighted by molar-refractivity contribution is -0.154. The van der Waals surface area contributed by atoms with E-state index in [-0.39, 0.29) is 12.5 Å². The molecule has 3 rings (SSSR count). The van der Waals surface area contributed by atoms with E-state index in [1.807, 2.05) is 30.3 Å². The number of likely N-dealkylation sites (tertiary alicyclic amines) is 1. The van der Waals surface area contributed by atoms with Crippen molar-refractivity contribution in [2.45, 2.75) is 25.8 Å². The maximum Gasteiger partial charge on any atom is 0.311 e. The van der Waals surface area contributed by atoms with Crippen molar-refractivity contribution >= 4 is 11.9 Å². The molecule has 1 fully saturated rings. The lowest BCUT2D eigenvalue weighted by Gasteiger charge is -2.39. The maximum absolute atomic E-state index is 13.2. The first-order valence-electron chi connectivity index (χ1n) is 8.07. The number of hydrogen-bond donors (Lipinski definition) is 1. The van der Waals surface area contributed by atoms with Crippen LogP contribution in [0.2, 0.25) is 0 Å². The van der Waals surface area contributed by atoms with E-state index in [0.717, 1.165) is 5.56 Å². The SMILES string of the molecule is CC1(C(=O)O)CCCN(C(=O)C(c2ccccc2)n2cccn2)C1. The van der Waals surface area contributed by atoms with E-state index in [9.17, 15) is 14.7 Å². The van der Waals surface area contributed by atoms with E-state index < -0.39 is 17.4 Å². The van der Waals surface area contributed by atoms with Crippen LogP contribution in [0, 0.1) is 5.41 Å². The molecule has 0 spiro atoms. The van der Waals surface area contributed by atoms with Crippen LogP contribution >= 0.6 is 0 Å². The summed E-state index contributed by atoms with van der Waals surface area (Å²) in [5.41, 5.74) is -0.0481. The summed E-state index contributed by atoms with van der Waals surface area (Å²) in [4.78, 5) is 26.4. The number of rotatable bonds is 4. The molecule has 1 aromatic heterocycles. The minimum Gasteiger partial charge on any atom is -0.481 e. The number of piperidine rings is 1. The Morgan fingerprint density at radius 3 is 2.62 bits per heavy atom. The average Bonchev–Trinajstić information content (AvgIpc) is 3.10. The highest BCUT2D eigenvalue weighted by atomic mass is 16.4. The van der Waals surface area contributed by atoms with Gasteiger partial charge in [0.05, 0.1) is 5.41 Å². The number of carbonyl (C=O) groups excluding carboxylic acids is 1. The highest BCUT2D eigenvalue weighted by Gasteiger charge is 2.41. The summed E-state index contributed by atoms with van der Waals surface area (Å²) in [7, 11) is 0. The van der Waals surface area contributed by atoms with Gasteiger partial charge in [0.25, 0.3) is 5.91 Å². The second-order valence-corrected chi connectivity index (χ2v) is 6.53. The smallest absolute Gasteiger partial charge is 0.311 e. The van der Waals surface area contributed by atoms with Crippen LogP contribution in [0.15, 0.2) is 48.8 Å². The van der Waals surface area contributed by atoms with Gasteiger partial charge >= 0.3 is 5.97 Å². The summed E-state index contributed by atoms with van der Waals surface area (Å²) >= 11 is 0. The quantitative estimate of drug-likeness (QED) is 0.934. The number of aliphatic carboxylic acids is 1. The molecular formula is C18H21N3O3. The predicted octanol–water partition coefficient (Wildman–Crippen LogP) is 2.19. The summed E-state index contributed by atoms with van der Waals surface area (Å²) in [5, 5.41) is 13.7. The summed E-state index contributed by atoms with van der Waals surface area (Å²) in [6, 6.07) is 10.7. The van der Waals surface area contributed by atoms with Crippen LogP contribution in [0.4, 0.5) is 0 Å². The van der Waals surface area contributed by atoms with Crippen molar-refractivity contribution in [2.75, 3.05) is 13.1 Å². The molecule has 0 radical (unpaired) electrons. The van der Waals surface area contributed by atoms with Gasteiger partial charge in [-0.15, -0.1) is 0 Å². The molecule has 2 unspecified atom stereocenters. The van der Waals surface area contributed by atoms with E-state index in [1.165, 1.54) is 0 Å². The molecule has 1 aromatic carbocycles. The summed E-state index contributed by atoms with van der Waals surface area (Å²) in [6.45, 7) is 2.51. The van der Waals surface area contributed by atoms with Gasteiger partial charge in [-0.1, -0.05) is 30.3 Å². The standard InChI is InChI=1S/C18H21N3O3/c1-18(17(23)24)9-5-11-20(13-18)16(22)15(21-12-6-10-19-21)14-7-3-2-4-8-14/h2-4,6-8,10,12,15H,5,9,11,13H2,1H3,(H,23,24). The van der Waals surface area contributed by atoms with Gasteiger partial charge in [0.2, 0.25) is 0 Å². The molecule has 1 aliphatic rings. The fourth-order valence-electron chi connectivity index (χ4n) is 3.25. The lowest BCUT2D eigenvalue weighted by atomic mass is 9.81. The third-order valence-electron chi connectivity index (χ3n) is 4.66. The summed E-state index contributed by atoms with van der Waals surface area (Å²) < 4.78 is 1.63. The van der Waals surface area contributed by atoms with Crippen LogP contribution < -0.4 is 0 Å². The molecule has 1 saturated heterocycles. The molecule has 2 heterocycles. The van der Waals surface area contributed by atoms with Gasteiger partial charge < -0.3 is 10.0 Å². The molecule has 2 aromatic rings. The van der Waals surface area contributed by atoms with Crippen molar-refractivity contribution in [3.8, 4) is 0 Å². The number of benzene rings is 1. The van der Waals surface area contributed by atoms with Crippen LogP contribution in [0.5, 0.6) is 0 Å². The number of aromatic nitrogens is 2.